The molecule has 4 aromatic rings. The fraction of sp³-hybridized carbons (Fsp3) is 0.156. The molecule has 4 rings (SSSR count). The number of hydrogen-bond acceptors (Lipinski definition) is 6. The maximum absolute atomic E-state index is 13.2. The van der Waals surface area contributed by atoms with Crippen molar-refractivity contribution in [3.05, 3.63) is 111 Å². The molecule has 2 N–H and O–H groups in total. The number of nitrogens with one attached hydrogen (secondary N) is 2. The van der Waals surface area contributed by atoms with Gasteiger partial charge in [0.25, 0.3) is 11.8 Å². The molecule has 0 aliphatic heterocycles. The van der Waals surface area contributed by atoms with E-state index >= 15 is 0 Å². The molecule has 42 heavy (non-hydrogen) atoms. The number of rotatable bonds is 11. The van der Waals surface area contributed by atoms with E-state index in [0.717, 1.165) is 24.3 Å². The highest BCUT2D eigenvalue weighted by Crippen LogP contribution is 2.31. The van der Waals surface area contributed by atoms with Gasteiger partial charge in [0.1, 0.15) is 23.0 Å². The van der Waals surface area contributed by atoms with E-state index < -0.39 is 11.8 Å². The van der Waals surface area contributed by atoms with Crippen LogP contribution in [0.4, 0.5) is 5.69 Å². The van der Waals surface area contributed by atoms with Crippen LogP contribution >= 0.6 is 23.2 Å². The van der Waals surface area contributed by atoms with E-state index in [-0.39, 0.29) is 16.3 Å². The molecule has 1 heterocycles. The maximum atomic E-state index is 13.2. The highest BCUT2D eigenvalue weighted by atomic mass is 35.5. The molecule has 0 aliphatic carbocycles. The van der Waals surface area contributed by atoms with Crippen LogP contribution in [0.25, 0.3) is 17.4 Å². The average Bonchev–Trinajstić information content (AvgIpc) is 3.47. The molecule has 10 heteroatoms. The second kappa shape index (κ2) is 14.4. The number of methoxy groups -OCH3 is 1. The first-order valence-electron chi connectivity index (χ1n) is 13.2. The minimum absolute atomic E-state index is 0.0133. The second-order valence-corrected chi connectivity index (χ2v) is 9.82. The lowest BCUT2D eigenvalue weighted by Crippen LogP contribution is -2.33. The molecule has 0 fully saturated rings. The average molecular weight is 606 g/mol. The fourth-order valence-electron chi connectivity index (χ4n) is 4.14. The van der Waals surface area contributed by atoms with Gasteiger partial charge >= 0.3 is 0 Å². The molecule has 1 aromatic heterocycles. The van der Waals surface area contributed by atoms with Gasteiger partial charge in [0.15, 0.2) is 0 Å². The molecule has 3 aromatic carbocycles. The Bertz CT molecular complexity index is 1610. The molecular weight excluding hydrogens is 575 g/mol. The predicted octanol–water partition coefficient (Wildman–Crippen LogP) is 7.03. The van der Waals surface area contributed by atoms with Gasteiger partial charge in [-0.15, -0.1) is 0 Å². The normalized spacial score (nSPS) is 11.4. The third-order valence-corrected chi connectivity index (χ3v) is 6.99. The molecule has 8 nitrogen and oxygen atoms in total. The largest absolute Gasteiger partial charge is 0.495 e. The van der Waals surface area contributed by atoms with Crippen molar-refractivity contribution in [2.45, 2.75) is 13.8 Å². The van der Waals surface area contributed by atoms with E-state index in [1.165, 1.54) is 6.21 Å². The minimum atomic E-state index is -0.631. The highest BCUT2D eigenvalue weighted by molar-refractivity contribution is 6.34. The van der Waals surface area contributed by atoms with Crippen molar-refractivity contribution in [3.8, 4) is 17.1 Å². The van der Waals surface area contributed by atoms with E-state index in [9.17, 15) is 9.59 Å². The van der Waals surface area contributed by atoms with Crippen molar-refractivity contribution in [1.29, 1.82) is 0 Å². The van der Waals surface area contributed by atoms with Gasteiger partial charge in [-0.3, -0.25) is 9.59 Å². The maximum Gasteiger partial charge on any atom is 0.287 e. The Labute approximate surface area is 254 Å². The lowest BCUT2D eigenvalue weighted by Gasteiger charge is -2.21. The number of carbonyl (C=O) groups excluding carboxylic acids is 2. The Kier molecular flexibility index (Phi) is 10.4. The standard InChI is InChI=1S/C32H30Cl2N4O4/c1-4-38(5-2)23-13-10-21(11-14-23)18-28(36-31(39)25-8-6-7-9-26(25)33)32(40)37-35-20-24-15-17-29(42-24)22-12-16-30(41-3)27(34)19-22/h6-20H,4-5H2,1-3H3,(H,36,39)(H,37,40)/b28-18+,35-20+. The quantitative estimate of drug-likeness (QED) is 0.109. The van der Waals surface area contributed by atoms with Gasteiger partial charge in [-0.1, -0.05) is 47.5 Å². The molecule has 0 radical (unpaired) electrons. The zero-order valence-electron chi connectivity index (χ0n) is 23.4. The van der Waals surface area contributed by atoms with Crippen molar-refractivity contribution < 1.29 is 18.7 Å². The summed E-state index contributed by atoms with van der Waals surface area (Å²) in [4.78, 5) is 28.4. The number of amides is 2. The van der Waals surface area contributed by atoms with Gasteiger partial charge < -0.3 is 19.4 Å². The number of furan rings is 1. The van der Waals surface area contributed by atoms with Crippen molar-refractivity contribution in [3.63, 3.8) is 0 Å². The lowest BCUT2D eigenvalue weighted by atomic mass is 10.1. The van der Waals surface area contributed by atoms with Gasteiger partial charge in [-0.05, 0) is 80.1 Å². The van der Waals surface area contributed by atoms with Crippen LogP contribution in [-0.4, -0.2) is 38.2 Å². The van der Waals surface area contributed by atoms with Crippen molar-refractivity contribution in [1.82, 2.24) is 10.7 Å². The van der Waals surface area contributed by atoms with Crippen LogP contribution in [-0.2, 0) is 4.79 Å². The summed E-state index contributed by atoms with van der Waals surface area (Å²) in [5.74, 6) is 0.359. The zero-order valence-corrected chi connectivity index (χ0v) is 24.9. The first-order chi connectivity index (χ1) is 20.3. The number of carbonyl (C=O) groups is 2. The fourth-order valence-corrected chi connectivity index (χ4v) is 4.62. The minimum Gasteiger partial charge on any atom is -0.495 e. The first kappa shape index (κ1) is 30.4. The molecule has 0 saturated carbocycles. The number of nitrogens with zero attached hydrogens (tertiary/aromatic N) is 2. The summed E-state index contributed by atoms with van der Waals surface area (Å²) in [6.07, 6.45) is 2.93. The van der Waals surface area contributed by atoms with E-state index in [1.54, 1.807) is 61.7 Å². The number of hydrogen-bond donors (Lipinski definition) is 2. The highest BCUT2D eigenvalue weighted by Gasteiger charge is 2.17. The summed E-state index contributed by atoms with van der Waals surface area (Å²) in [6.45, 7) is 5.91. The van der Waals surface area contributed by atoms with Crippen LogP contribution in [0.15, 0.2) is 94.1 Å². The van der Waals surface area contributed by atoms with Gasteiger partial charge in [0, 0.05) is 24.3 Å². The number of benzene rings is 3. The molecule has 0 spiro atoms. The number of halogens is 2. The number of hydrazone groups is 1. The van der Waals surface area contributed by atoms with Gasteiger partial charge in [0.2, 0.25) is 0 Å². The number of anilines is 1. The second-order valence-electron chi connectivity index (χ2n) is 9.01. The zero-order chi connectivity index (χ0) is 30.1. The molecular formula is C32H30Cl2N4O4. The van der Waals surface area contributed by atoms with Crippen LogP contribution in [0, 0.1) is 0 Å². The summed E-state index contributed by atoms with van der Waals surface area (Å²) in [6, 6.07) is 23.0. The molecule has 216 valence electrons. The smallest absolute Gasteiger partial charge is 0.287 e. The number of ether oxygens (including phenoxy) is 1. The first-order valence-corrected chi connectivity index (χ1v) is 14.0. The van der Waals surface area contributed by atoms with Crippen molar-refractivity contribution in [2.75, 3.05) is 25.1 Å². The van der Waals surface area contributed by atoms with Crippen molar-refractivity contribution in [2.24, 2.45) is 5.10 Å². The van der Waals surface area contributed by atoms with Gasteiger partial charge in [0.05, 0.1) is 28.9 Å². The van der Waals surface area contributed by atoms with Crippen LogP contribution in [0.3, 0.4) is 0 Å². The Morgan fingerprint density at radius 1 is 0.952 bits per heavy atom. The van der Waals surface area contributed by atoms with Crippen LogP contribution in [0.5, 0.6) is 5.75 Å². The Balaban J connectivity index is 1.52. The molecule has 0 unspecified atom stereocenters. The molecule has 0 atom stereocenters. The summed E-state index contributed by atoms with van der Waals surface area (Å²) in [7, 11) is 1.54. The van der Waals surface area contributed by atoms with E-state index in [1.807, 2.05) is 30.3 Å². The molecule has 2 amide bonds. The van der Waals surface area contributed by atoms with E-state index in [0.29, 0.717) is 27.9 Å². The summed E-state index contributed by atoms with van der Waals surface area (Å²) in [5, 5.41) is 7.41. The van der Waals surface area contributed by atoms with E-state index in [4.69, 9.17) is 32.4 Å². The summed E-state index contributed by atoms with van der Waals surface area (Å²) < 4.78 is 11.0. The van der Waals surface area contributed by atoms with Crippen molar-refractivity contribution >= 4 is 53.0 Å². The monoisotopic (exact) mass is 604 g/mol. The van der Waals surface area contributed by atoms with Crippen LogP contribution in [0.1, 0.15) is 35.5 Å². The topological polar surface area (TPSA) is 96.2 Å². The van der Waals surface area contributed by atoms with Gasteiger partial charge in [-0.25, -0.2) is 5.43 Å². The van der Waals surface area contributed by atoms with Crippen LogP contribution < -0.4 is 20.4 Å². The van der Waals surface area contributed by atoms with Gasteiger partial charge in [-0.2, -0.15) is 5.10 Å². The summed E-state index contributed by atoms with van der Waals surface area (Å²) >= 11 is 12.4. The Hall–Kier alpha value is -4.53. The lowest BCUT2D eigenvalue weighted by molar-refractivity contribution is -0.117. The molecule has 0 aliphatic rings. The SMILES string of the molecule is CCN(CC)c1ccc(/C=C(/NC(=O)c2ccccc2Cl)C(=O)N/N=C/c2ccc(-c3ccc(OC)c(Cl)c3)o2)cc1. The molecule has 0 saturated heterocycles. The molecule has 0 bridgehead atoms. The summed E-state index contributed by atoms with van der Waals surface area (Å²) in [5.41, 5.74) is 5.20. The van der Waals surface area contributed by atoms with E-state index in [2.05, 4.69) is 34.6 Å². The predicted molar refractivity (Wildman–Crippen MR) is 168 cm³/mol. The Morgan fingerprint density at radius 3 is 2.36 bits per heavy atom. The van der Waals surface area contributed by atoms with Crippen LogP contribution in [0.2, 0.25) is 10.0 Å². The third kappa shape index (κ3) is 7.60. The Morgan fingerprint density at radius 2 is 1.69 bits per heavy atom. The third-order valence-electron chi connectivity index (χ3n) is 6.36.